The minimum atomic E-state index is -4.58. The third kappa shape index (κ3) is 5.01. The summed E-state index contributed by atoms with van der Waals surface area (Å²) >= 11 is 0. The van der Waals surface area contributed by atoms with Crippen LogP contribution < -0.4 is 16.3 Å². The Kier molecular flexibility index (Phi) is 6.28. The lowest BCUT2D eigenvalue weighted by Gasteiger charge is -2.19. The van der Waals surface area contributed by atoms with Gasteiger partial charge in [0.1, 0.15) is 17.3 Å². The van der Waals surface area contributed by atoms with Gasteiger partial charge in [-0.15, -0.1) is 0 Å². The molecule has 10 nitrogen and oxygen atoms in total. The van der Waals surface area contributed by atoms with E-state index >= 15 is 0 Å². The van der Waals surface area contributed by atoms with E-state index in [2.05, 4.69) is 35.3 Å². The molecule has 6 rings (SSSR count). The van der Waals surface area contributed by atoms with Gasteiger partial charge >= 0.3 is 6.18 Å². The summed E-state index contributed by atoms with van der Waals surface area (Å²) in [5.41, 5.74) is 3.76. The number of anilines is 2. The van der Waals surface area contributed by atoms with Crippen molar-refractivity contribution in [3.8, 4) is 22.5 Å². The van der Waals surface area contributed by atoms with Crippen molar-refractivity contribution >= 4 is 23.2 Å². The van der Waals surface area contributed by atoms with Crippen molar-refractivity contribution in [2.75, 3.05) is 17.2 Å². The van der Waals surface area contributed by atoms with Crippen molar-refractivity contribution < 1.29 is 18.0 Å². The molecule has 13 heteroatoms. The first-order chi connectivity index (χ1) is 19.6. The van der Waals surface area contributed by atoms with Gasteiger partial charge in [0.2, 0.25) is 0 Å². The van der Waals surface area contributed by atoms with Gasteiger partial charge in [-0.05, 0) is 55.3 Å². The van der Waals surface area contributed by atoms with Crippen LogP contribution in [0.2, 0.25) is 0 Å². The molecule has 0 unspecified atom stereocenters. The molecule has 0 spiro atoms. The molecule has 208 valence electrons. The molecule has 3 aliphatic heterocycles. The third-order valence-electron chi connectivity index (χ3n) is 6.79. The van der Waals surface area contributed by atoms with E-state index in [9.17, 15) is 18.0 Å². The van der Waals surface area contributed by atoms with Crippen molar-refractivity contribution in [2.45, 2.75) is 26.6 Å². The summed E-state index contributed by atoms with van der Waals surface area (Å²) in [6.07, 6.45) is -1.88. The number of aromatic nitrogens is 6. The summed E-state index contributed by atoms with van der Waals surface area (Å²) in [5, 5.41) is 10.4. The van der Waals surface area contributed by atoms with Gasteiger partial charge in [0.05, 0.1) is 11.3 Å². The molecule has 3 aromatic rings. The maximum Gasteiger partial charge on any atom is 0.416 e. The molecular formula is C28H24F3N9O. The third-order valence-corrected chi connectivity index (χ3v) is 6.79. The lowest BCUT2D eigenvalue weighted by Crippen LogP contribution is -2.18. The highest BCUT2D eigenvalue weighted by atomic mass is 19.4. The second kappa shape index (κ2) is 9.84. The molecule has 3 aliphatic rings. The molecule has 1 amide bonds. The zero-order chi connectivity index (χ0) is 28.9. The van der Waals surface area contributed by atoms with Crippen LogP contribution in [0.1, 0.15) is 27.3 Å². The molecule has 0 bridgehead atoms. The lowest BCUT2D eigenvalue weighted by atomic mass is 9.98. The number of rotatable bonds is 4. The lowest BCUT2D eigenvalue weighted by molar-refractivity contribution is -0.137. The van der Waals surface area contributed by atoms with Crippen LogP contribution in [0, 0.1) is 13.8 Å². The Bertz CT molecular complexity index is 1860. The van der Waals surface area contributed by atoms with E-state index in [1.54, 1.807) is 23.0 Å². The Balaban J connectivity index is 1.38. The van der Waals surface area contributed by atoms with E-state index in [0.29, 0.717) is 30.2 Å². The number of hydrogen-bond acceptors (Lipinski definition) is 7. The van der Waals surface area contributed by atoms with Crippen LogP contribution in [-0.2, 0) is 19.8 Å². The van der Waals surface area contributed by atoms with Crippen LogP contribution in [0.5, 0.6) is 0 Å². The Morgan fingerprint density at radius 3 is 2.66 bits per heavy atom. The quantitative estimate of drug-likeness (QED) is 0.329. The van der Waals surface area contributed by atoms with E-state index in [4.69, 9.17) is 4.98 Å². The van der Waals surface area contributed by atoms with Crippen molar-refractivity contribution in [1.82, 2.24) is 29.3 Å². The van der Waals surface area contributed by atoms with Crippen molar-refractivity contribution in [1.29, 1.82) is 0 Å². The first-order valence-corrected chi connectivity index (χ1v) is 12.7. The zero-order valence-corrected chi connectivity index (χ0v) is 22.3. The first-order valence-electron chi connectivity index (χ1n) is 12.7. The number of alkyl halides is 3. The molecule has 0 radical (unpaired) electrons. The average molecular weight is 560 g/mol. The summed E-state index contributed by atoms with van der Waals surface area (Å²) in [6.45, 7) is 5.21. The first kappa shape index (κ1) is 26.2. The standard InChI is InChI=1S/C28H24F3N9O/c1-15-4-5-19(35-26(41)22-12-18(6-7-32-22)28(29,30)31)13-20(15)21-11-17-14-34-27(36-23-10-16(2)38-39(23)3)37-24(17)40-9-8-33-25(21)40/h4-7,10-14,33H,8-9H2,1-3H3,(H,35,41)/b36-27+. The van der Waals surface area contributed by atoms with Crippen LogP contribution in [0.3, 0.4) is 0 Å². The Morgan fingerprint density at radius 1 is 1.07 bits per heavy atom. The number of halogens is 3. The monoisotopic (exact) mass is 559 g/mol. The Morgan fingerprint density at radius 2 is 1.90 bits per heavy atom. The van der Waals surface area contributed by atoms with E-state index in [1.165, 1.54) is 0 Å². The number of aryl methyl sites for hydroxylation is 3. The fourth-order valence-electron chi connectivity index (χ4n) is 4.84. The van der Waals surface area contributed by atoms with Crippen molar-refractivity contribution in [3.05, 3.63) is 83.0 Å². The van der Waals surface area contributed by atoms with Crippen LogP contribution in [0.15, 0.2) is 59.9 Å². The number of nitrogens with zero attached hydrogens (tertiary/aromatic N) is 7. The number of fused-ring (bicyclic) bond motifs is 3. The minimum Gasteiger partial charge on any atom is -0.369 e. The molecule has 0 aliphatic carbocycles. The van der Waals surface area contributed by atoms with Gasteiger partial charge in [-0.25, -0.2) is 4.98 Å². The zero-order valence-electron chi connectivity index (χ0n) is 22.3. The van der Waals surface area contributed by atoms with Crippen molar-refractivity contribution in [3.63, 3.8) is 0 Å². The highest BCUT2D eigenvalue weighted by Crippen LogP contribution is 2.39. The smallest absolute Gasteiger partial charge is 0.369 e. The van der Waals surface area contributed by atoms with Crippen molar-refractivity contribution in [2.24, 2.45) is 12.0 Å². The number of hydrogen-bond donors (Lipinski definition) is 2. The molecule has 1 aromatic carbocycles. The number of amides is 1. The van der Waals surface area contributed by atoms with E-state index in [0.717, 1.165) is 57.9 Å². The van der Waals surface area contributed by atoms with Gasteiger partial charge in [-0.2, -0.15) is 28.2 Å². The summed E-state index contributed by atoms with van der Waals surface area (Å²) in [5.74, 6) is 1.48. The molecular weight excluding hydrogens is 535 g/mol. The summed E-state index contributed by atoms with van der Waals surface area (Å²) in [4.78, 5) is 30.3. The fourth-order valence-corrected chi connectivity index (χ4v) is 4.84. The molecule has 5 heterocycles. The second-order valence-corrected chi connectivity index (χ2v) is 9.72. The van der Waals surface area contributed by atoms with Crippen LogP contribution in [0.25, 0.3) is 22.5 Å². The highest BCUT2D eigenvalue weighted by molar-refractivity contribution is 6.03. The predicted octanol–water partition coefficient (Wildman–Crippen LogP) is 4.72. The van der Waals surface area contributed by atoms with E-state index < -0.39 is 17.6 Å². The average Bonchev–Trinajstić information content (AvgIpc) is 3.55. The van der Waals surface area contributed by atoms with Gasteiger partial charge in [-0.1, -0.05) is 6.07 Å². The van der Waals surface area contributed by atoms with Gasteiger partial charge < -0.3 is 15.2 Å². The van der Waals surface area contributed by atoms with Crippen LogP contribution in [-0.4, -0.2) is 41.8 Å². The van der Waals surface area contributed by atoms with Gasteiger partial charge in [0.25, 0.3) is 11.5 Å². The maximum absolute atomic E-state index is 13.1. The molecule has 2 aromatic heterocycles. The number of nitrogens with one attached hydrogen (secondary N) is 2. The predicted molar refractivity (Wildman–Crippen MR) is 146 cm³/mol. The molecule has 0 atom stereocenters. The molecule has 0 fully saturated rings. The Hall–Kier alpha value is -5.07. The highest BCUT2D eigenvalue weighted by Gasteiger charge is 2.31. The summed E-state index contributed by atoms with van der Waals surface area (Å²) in [7, 11) is 1.81. The normalized spacial score (nSPS) is 13.4. The second-order valence-electron chi connectivity index (χ2n) is 9.72. The molecule has 41 heavy (non-hydrogen) atoms. The molecule has 2 N–H and O–H groups in total. The SMILES string of the molecule is Cc1cc(/N=c2\ncc3cc(-c4cc(NC(=O)c5cc(C(F)(F)F)ccn5)ccc4C)c4n(c-3n2)CCN4)n(C)n1. The summed E-state index contributed by atoms with van der Waals surface area (Å²) < 4.78 is 43.1. The van der Waals surface area contributed by atoms with Gasteiger partial charge in [-0.3, -0.25) is 14.5 Å². The largest absolute Gasteiger partial charge is 0.416 e. The number of benzene rings is 1. The van der Waals surface area contributed by atoms with Crippen LogP contribution >= 0.6 is 0 Å². The number of carbonyl (C=O) groups excluding carboxylic acids is 1. The van der Waals surface area contributed by atoms with Crippen LogP contribution in [0.4, 0.5) is 30.5 Å². The van der Waals surface area contributed by atoms with E-state index in [-0.39, 0.29) is 5.69 Å². The Labute approximate surface area is 232 Å². The number of carbonyl (C=O) groups is 1. The van der Waals surface area contributed by atoms with E-state index in [1.807, 2.05) is 39.1 Å². The van der Waals surface area contributed by atoms with Gasteiger partial charge in [0.15, 0.2) is 5.82 Å². The minimum absolute atomic E-state index is 0.318. The topological polar surface area (TPSA) is 115 Å². The maximum atomic E-state index is 13.1. The fraction of sp³-hybridized carbons (Fsp3) is 0.214. The summed E-state index contributed by atoms with van der Waals surface area (Å²) in [6, 6.07) is 10.7. The molecule has 0 saturated carbocycles. The molecule has 0 saturated heterocycles. The number of pyridine rings is 2. The van der Waals surface area contributed by atoms with Gasteiger partial charge in [0, 0.05) is 55.4 Å².